The van der Waals surface area contributed by atoms with Crippen LogP contribution in [0, 0.1) is 11.5 Å². The Labute approximate surface area is 220 Å². The van der Waals surface area contributed by atoms with E-state index in [-0.39, 0.29) is 22.5 Å². The van der Waals surface area contributed by atoms with Crippen LogP contribution in [0.4, 0.5) is 11.4 Å². The first-order valence-corrected chi connectivity index (χ1v) is 14.0. The van der Waals surface area contributed by atoms with E-state index in [1.54, 1.807) is 64.2 Å². The number of benzene rings is 2. The minimum absolute atomic E-state index is 0.0990. The highest BCUT2D eigenvalue weighted by atomic mass is 32.2. The van der Waals surface area contributed by atoms with Gasteiger partial charge in [0.15, 0.2) is 0 Å². The van der Waals surface area contributed by atoms with Gasteiger partial charge in [0.25, 0.3) is 11.8 Å². The van der Waals surface area contributed by atoms with Crippen molar-refractivity contribution in [1.82, 2.24) is 8.61 Å². The van der Waals surface area contributed by atoms with E-state index < -0.39 is 51.0 Å². The number of rotatable bonds is 4. The molecule has 0 radical (unpaired) electrons. The van der Waals surface area contributed by atoms with Gasteiger partial charge in [-0.25, -0.2) is 12.9 Å². The van der Waals surface area contributed by atoms with Gasteiger partial charge < -0.3 is 0 Å². The lowest BCUT2D eigenvalue weighted by Gasteiger charge is -2.37. The lowest BCUT2D eigenvalue weighted by Crippen LogP contribution is -2.53. The number of hydrogen-bond acceptors (Lipinski definition) is 8. The molecule has 4 rings (SSSR count). The van der Waals surface area contributed by atoms with E-state index in [1.165, 1.54) is 18.2 Å². The summed E-state index contributed by atoms with van der Waals surface area (Å²) in [6.07, 6.45) is 1.61. The molecule has 0 aliphatic carbocycles. The van der Waals surface area contributed by atoms with Gasteiger partial charge in [-0.15, -0.1) is 0 Å². The van der Waals surface area contributed by atoms with Gasteiger partial charge in [-0.05, 0) is 57.5 Å². The number of fused-ring (bicyclic) bond motifs is 2. The summed E-state index contributed by atoms with van der Waals surface area (Å²) in [6, 6.07) is 11.4. The standard InChI is InChI=1S/C11H13N5O3S.C11H11N3O3S/c1-8(2)16-11(17)9-5-3-4-6-10(9)15(7-13-14-12)20(16,18)19;1-8(2)14-11(15)9-5-3-4-6-10(9)13(7-12)18(14,16)17/h3-6,8H,7H2,1-2H3;3-6,8H,1-2H3. The maximum Gasteiger partial charge on any atom is 0.341 e. The zero-order valence-corrected chi connectivity index (χ0v) is 22.5. The summed E-state index contributed by atoms with van der Waals surface area (Å²) in [7, 11) is -8.17. The molecule has 2 heterocycles. The summed E-state index contributed by atoms with van der Waals surface area (Å²) in [5.41, 5.74) is 9.20. The van der Waals surface area contributed by atoms with Crippen LogP contribution in [-0.2, 0) is 20.4 Å². The molecule has 2 aliphatic rings. The molecular weight excluding hydrogens is 536 g/mol. The second-order valence-electron chi connectivity index (χ2n) is 8.52. The van der Waals surface area contributed by atoms with Crippen LogP contribution < -0.4 is 8.61 Å². The van der Waals surface area contributed by atoms with Gasteiger partial charge in [-0.2, -0.15) is 26.4 Å². The van der Waals surface area contributed by atoms with Gasteiger partial charge >= 0.3 is 20.4 Å². The smallest absolute Gasteiger partial charge is 0.268 e. The van der Waals surface area contributed by atoms with Crippen LogP contribution >= 0.6 is 0 Å². The van der Waals surface area contributed by atoms with Crippen LogP contribution in [0.2, 0.25) is 0 Å². The van der Waals surface area contributed by atoms with E-state index in [1.807, 2.05) is 0 Å². The second-order valence-corrected chi connectivity index (χ2v) is 11.9. The summed E-state index contributed by atoms with van der Waals surface area (Å²) in [4.78, 5) is 27.0. The van der Waals surface area contributed by atoms with Crippen molar-refractivity contribution >= 4 is 43.6 Å². The first-order valence-electron chi connectivity index (χ1n) is 11.2. The minimum atomic E-state index is -4.12. The summed E-state index contributed by atoms with van der Waals surface area (Å²) in [6.45, 7) is 5.98. The Kier molecular flexibility index (Phi) is 7.87. The predicted octanol–water partition coefficient (Wildman–Crippen LogP) is 2.95. The number of azide groups is 1. The molecule has 0 N–H and O–H groups in total. The normalized spacial score (nSPS) is 17.2. The van der Waals surface area contributed by atoms with Crippen molar-refractivity contribution in [2.45, 2.75) is 39.8 Å². The molecule has 0 saturated heterocycles. The van der Waals surface area contributed by atoms with Crippen molar-refractivity contribution in [2.24, 2.45) is 5.11 Å². The quantitative estimate of drug-likeness (QED) is 0.238. The van der Waals surface area contributed by atoms with Crippen LogP contribution in [0.3, 0.4) is 0 Å². The largest absolute Gasteiger partial charge is 0.341 e. The number of carbonyl (C=O) groups is 2. The molecule has 0 bridgehead atoms. The fourth-order valence-electron chi connectivity index (χ4n) is 3.94. The van der Waals surface area contributed by atoms with Crippen molar-refractivity contribution in [3.8, 4) is 6.19 Å². The third-order valence-electron chi connectivity index (χ3n) is 5.45. The topological polar surface area (TPSA) is 188 Å². The molecule has 38 heavy (non-hydrogen) atoms. The van der Waals surface area contributed by atoms with Crippen molar-refractivity contribution in [2.75, 3.05) is 15.3 Å². The van der Waals surface area contributed by atoms with E-state index in [9.17, 15) is 26.4 Å². The number of para-hydroxylation sites is 2. The molecule has 2 amide bonds. The van der Waals surface area contributed by atoms with Crippen LogP contribution in [0.5, 0.6) is 0 Å². The van der Waals surface area contributed by atoms with E-state index in [0.29, 0.717) is 4.31 Å². The monoisotopic (exact) mass is 560 g/mol. The summed E-state index contributed by atoms with van der Waals surface area (Å²) in [5, 5.41) is 12.3. The molecule has 0 fully saturated rings. The number of hydrogen-bond donors (Lipinski definition) is 0. The number of nitriles is 1. The van der Waals surface area contributed by atoms with Crippen molar-refractivity contribution < 1.29 is 26.4 Å². The average Bonchev–Trinajstić information content (AvgIpc) is 2.83. The molecular formula is C22H24N8O6S2. The summed E-state index contributed by atoms with van der Waals surface area (Å²) >= 11 is 0. The highest BCUT2D eigenvalue weighted by Gasteiger charge is 2.44. The first-order chi connectivity index (χ1) is 17.8. The Bertz CT molecular complexity index is 1580. The molecule has 2 aromatic rings. The molecule has 2 aromatic carbocycles. The predicted molar refractivity (Wildman–Crippen MR) is 138 cm³/mol. The Morgan fingerprint density at radius 3 is 1.76 bits per heavy atom. The summed E-state index contributed by atoms with van der Waals surface area (Å²) in [5.74, 6) is -1.18. The Morgan fingerprint density at radius 1 is 0.842 bits per heavy atom. The van der Waals surface area contributed by atoms with E-state index in [0.717, 1.165) is 12.9 Å². The van der Waals surface area contributed by atoms with Crippen LogP contribution in [0.25, 0.3) is 10.4 Å². The Morgan fingerprint density at radius 2 is 1.29 bits per heavy atom. The van der Waals surface area contributed by atoms with Gasteiger partial charge in [0, 0.05) is 17.0 Å². The molecule has 200 valence electrons. The summed E-state index contributed by atoms with van der Waals surface area (Å²) < 4.78 is 52.3. The van der Waals surface area contributed by atoms with Crippen LogP contribution in [-0.4, -0.2) is 56.0 Å². The van der Waals surface area contributed by atoms with Gasteiger partial charge in [0.2, 0.25) is 6.19 Å². The Balaban J connectivity index is 0.000000212. The molecule has 2 aliphatic heterocycles. The average molecular weight is 561 g/mol. The molecule has 0 atom stereocenters. The van der Waals surface area contributed by atoms with Crippen molar-refractivity contribution in [1.29, 1.82) is 5.26 Å². The molecule has 0 unspecified atom stereocenters. The fraction of sp³-hybridized carbons (Fsp3) is 0.318. The van der Waals surface area contributed by atoms with Gasteiger partial charge in [0.1, 0.15) is 6.67 Å². The van der Waals surface area contributed by atoms with Crippen LogP contribution in [0.15, 0.2) is 53.6 Å². The SMILES string of the molecule is CC(C)N1C(=O)c2ccccc2N(C#N)S1(=O)=O.CC(C)N1C(=O)c2ccccc2N(CN=[N+]=[N-])S1(=O)=O. The lowest BCUT2D eigenvalue weighted by atomic mass is 10.1. The van der Waals surface area contributed by atoms with Crippen LogP contribution in [0.1, 0.15) is 48.4 Å². The number of amides is 2. The van der Waals surface area contributed by atoms with E-state index in [4.69, 9.17) is 10.8 Å². The number of carbonyl (C=O) groups excluding carboxylic acids is 2. The van der Waals surface area contributed by atoms with Gasteiger partial charge in [-0.1, -0.05) is 29.4 Å². The number of anilines is 2. The van der Waals surface area contributed by atoms with E-state index in [2.05, 4.69) is 10.0 Å². The Hall–Kier alpha value is -4.32. The van der Waals surface area contributed by atoms with Gasteiger partial charge in [-0.3, -0.25) is 9.59 Å². The lowest BCUT2D eigenvalue weighted by molar-refractivity contribution is 0.0821. The number of nitrogens with zero attached hydrogens (tertiary/aromatic N) is 8. The van der Waals surface area contributed by atoms with Crippen molar-refractivity contribution in [3.63, 3.8) is 0 Å². The highest BCUT2D eigenvalue weighted by Crippen LogP contribution is 2.34. The molecule has 0 aromatic heterocycles. The maximum absolute atomic E-state index is 12.5. The minimum Gasteiger partial charge on any atom is -0.268 e. The third-order valence-corrected chi connectivity index (χ3v) is 9.23. The molecule has 14 nitrogen and oxygen atoms in total. The first kappa shape index (κ1) is 28.3. The third kappa shape index (κ3) is 4.70. The second kappa shape index (κ2) is 10.6. The highest BCUT2D eigenvalue weighted by molar-refractivity contribution is 7.91. The van der Waals surface area contributed by atoms with E-state index >= 15 is 0 Å². The fourth-order valence-corrected chi connectivity index (χ4v) is 7.12. The zero-order valence-electron chi connectivity index (χ0n) is 20.8. The molecule has 0 spiro atoms. The molecule has 0 saturated carbocycles. The van der Waals surface area contributed by atoms with Gasteiger partial charge in [0.05, 0.1) is 22.5 Å². The van der Waals surface area contributed by atoms with Crippen molar-refractivity contribution in [3.05, 3.63) is 70.1 Å². The molecule has 16 heteroatoms. The maximum atomic E-state index is 12.5. The zero-order chi connectivity index (χ0) is 28.4.